The number of esters is 2. The van der Waals surface area contributed by atoms with Gasteiger partial charge in [-0.1, -0.05) is 231 Å². The Kier molecular flexibility index (Phi) is 47.0. The summed E-state index contributed by atoms with van der Waals surface area (Å²) in [6.07, 6.45) is 51.4. The molecule has 0 aliphatic rings. The number of quaternary nitrogens is 1. The number of carbonyl (C=O) groups is 3. The normalized spacial score (nSPS) is 12.8. The number of hydrogen-bond donors (Lipinski definition) is 1. The van der Waals surface area contributed by atoms with Gasteiger partial charge in [0.05, 0.1) is 34.4 Å². The van der Waals surface area contributed by atoms with Gasteiger partial charge >= 0.3 is 17.9 Å². The standard InChI is InChI=1S/C56H107NO8/c1-6-8-10-12-14-16-18-20-22-24-26-27-28-29-31-32-34-36-38-40-42-44-46-53(58)63-50-52(51-64-56(55(60)61)62-49-48-57(3,4)5)65-54(59)47-45-43-41-39-37-35-33-30-25-23-21-19-17-15-13-11-9-7-2/h23,25,52,56H,6-22,24,26-51H2,1-5H3/p+1/b25-23-. The van der Waals surface area contributed by atoms with Gasteiger partial charge in [0.1, 0.15) is 13.2 Å². The number of rotatable bonds is 52. The van der Waals surface area contributed by atoms with Crippen LogP contribution < -0.4 is 0 Å². The molecule has 0 bridgehead atoms. The largest absolute Gasteiger partial charge is 0.477 e. The SMILES string of the molecule is CCCCCCCCC/C=C\CCCCCCCCCC(=O)OC(COC(=O)CCCCCCCCCCCCCCCCCCCCCCCC)COC(OCC[N+](C)(C)C)C(=O)O. The minimum atomic E-state index is -1.51. The van der Waals surface area contributed by atoms with E-state index in [0.29, 0.717) is 17.4 Å². The van der Waals surface area contributed by atoms with Gasteiger partial charge in [0.2, 0.25) is 0 Å². The molecule has 0 saturated carbocycles. The summed E-state index contributed by atoms with van der Waals surface area (Å²) in [5.74, 6) is -1.99. The van der Waals surface area contributed by atoms with Crippen molar-refractivity contribution in [1.29, 1.82) is 0 Å². The maximum atomic E-state index is 12.8. The number of aliphatic carboxylic acids is 1. The number of ether oxygens (including phenoxy) is 4. The van der Waals surface area contributed by atoms with Gasteiger partial charge in [0, 0.05) is 12.8 Å². The molecule has 0 aromatic heterocycles. The van der Waals surface area contributed by atoms with Crippen molar-refractivity contribution in [1.82, 2.24) is 0 Å². The van der Waals surface area contributed by atoms with Crippen LogP contribution in [0.15, 0.2) is 12.2 Å². The van der Waals surface area contributed by atoms with Gasteiger partial charge in [-0.25, -0.2) is 4.79 Å². The van der Waals surface area contributed by atoms with Crippen molar-refractivity contribution in [2.75, 3.05) is 47.5 Å². The number of allylic oxidation sites excluding steroid dienone is 2. The van der Waals surface area contributed by atoms with Crippen LogP contribution >= 0.6 is 0 Å². The Hall–Kier alpha value is -1.97. The highest BCUT2D eigenvalue weighted by atomic mass is 16.7. The molecule has 9 heteroatoms. The maximum Gasteiger partial charge on any atom is 0.361 e. The van der Waals surface area contributed by atoms with Crippen molar-refractivity contribution in [3.63, 3.8) is 0 Å². The molecule has 0 aromatic carbocycles. The first-order chi connectivity index (χ1) is 31.6. The molecule has 0 spiro atoms. The van der Waals surface area contributed by atoms with Crippen molar-refractivity contribution in [3.8, 4) is 0 Å². The van der Waals surface area contributed by atoms with Crippen molar-refractivity contribution in [3.05, 3.63) is 12.2 Å². The number of carboxylic acid groups (broad SMARTS) is 1. The molecule has 0 fully saturated rings. The maximum absolute atomic E-state index is 12.8. The molecule has 0 aromatic rings. The minimum Gasteiger partial charge on any atom is -0.477 e. The lowest BCUT2D eigenvalue weighted by atomic mass is 10.0. The quantitative estimate of drug-likeness (QED) is 0.0211. The van der Waals surface area contributed by atoms with E-state index >= 15 is 0 Å². The first kappa shape index (κ1) is 63.0. The number of nitrogens with zero attached hydrogens (tertiary/aromatic N) is 1. The van der Waals surface area contributed by atoms with Crippen LogP contribution in [0.4, 0.5) is 0 Å². The van der Waals surface area contributed by atoms with E-state index in [-0.39, 0.29) is 32.2 Å². The molecule has 0 aliphatic heterocycles. The summed E-state index contributed by atoms with van der Waals surface area (Å²) in [7, 11) is 5.97. The summed E-state index contributed by atoms with van der Waals surface area (Å²) < 4.78 is 22.9. The monoisotopic (exact) mass is 923 g/mol. The molecule has 0 heterocycles. The molecule has 1 N–H and O–H groups in total. The van der Waals surface area contributed by atoms with Crippen molar-refractivity contribution in [2.24, 2.45) is 0 Å². The second kappa shape index (κ2) is 48.5. The zero-order valence-corrected chi connectivity index (χ0v) is 43.7. The average Bonchev–Trinajstić information content (AvgIpc) is 3.27. The Bertz CT molecular complexity index is 1070. The minimum absolute atomic E-state index is 0.177. The number of hydrogen-bond acceptors (Lipinski definition) is 7. The zero-order chi connectivity index (χ0) is 47.7. The Morgan fingerprint density at radius 3 is 1.14 bits per heavy atom. The van der Waals surface area contributed by atoms with Crippen LogP contribution in [0.3, 0.4) is 0 Å². The van der Waals surface area contributed by atoms with Crippen LogP contribution in [-0.2, 0) is 33.3 Å². The number of likely N-dealkylation sites (N-methyl/N-ethyl adjacent to an activating group) is 1. The third-order valence-corrected chi connectivity index (χ3v) is 12.5. The predicted octanol–water partition coefficient (Wildman–Crippen LogP) is 15.8. The lowest BCUT2D eigenvalue weighted by molar-refractivity contribution is -0.870. The van der Waals surface area contributed by atoms with Crippen molar-refractivity contribution < 1.29 is 42.9 Å². The van der Waals surface area contributed by atoms with Crippen molar-refractivity contribution >= 4 is 17.9 Å². The molecule has 0 radical (unpaired) electrons. The van der Waals surface area contributed by atoms with Gasteiger partial charge in [0.25, 0.3) is 6.29 Å². The van der Waals surface area contributed by atoms with E-state index in [1.165, 1.54) is 193 Å². The van der Waals surface area contributed by atoms with Gasteiger partial charge in [0.15, 0.2) is 6.10 Å². The van der Waals surface area contributed by atoms with Gasteiger partial charge in [-0.3, -0.25) is 9.59 Å². The van der Waals surface area contributed by atoms with Crippen LogP contribution in [0, 0.1) is 0 Å². The predicted molar refractivity (Wildman–Crippen MR) is 272 cm³/mol. The summed E-state index contributed by atoms with van der Waals surface area (Å²) >= 11 is 0. The van der Waals surface area contributed by atoms with E-state index in [0.717, 1.165) is 51.4 Å². The fraction of sp³-hybridized carbons (Fsp3) is 0.911. The highest BCUT2D eigenvalue weighted by molar-refractivity contribution is 5.71. The fourth-order valence-corrected chi connectivity index (χ4v) is 8.19. The van der Waals surface area contributed by atoms with Crippen LogP contribution in [0.1, 0.15) is 271 Å². The number of carboxylic acids is 1. The molecule has 0 aliphatic carbocycles. The number of carbonyl (C=O) groups excluding carboxylic acids is 2. The van der Waals surface area contributed by atoms with Gasteiger partial charge in [-0.15, -0.1) is 0 Å². The number of unbranched alkanes of at least 4 members (excludes halogenated alkanes) is 35. The third-order valence-electron chi connectivity index (χ3n) is 12.5. The fourth-order valence-electron chi connectivity index (χ4n) is 8.19. The zero-order valence-electron chi connectivity index (χ0n) is 43.7. The van der Waals surface area contributed by atoms with E-state index < -0.39 is 24.3 Å². The van der Waals surface area contributed by atoms with Gasteiger partial charge in [-0.2, -0.15) is 0 Å². The van der Waals surface area contributed by atoms with Crippen molar-refractivity contribution in [2.45, 2.75) is 283 Å². The van der Waals surface area contributed by atoms with E-state index in [1.807, 2.05) is 21.1 Å². The topological polar surface area (TPSA) is 108 Å². The molecular formula is C56H108NO8+. The highest BCUT2D eigenvalue weighted by Crippen LogP contribution is 2.17. The molecule has 9 nitrogen and oxygen atoms in total. The Morgan fingerprint density at radius 1 is 0.446 bits per heavy atom. The van der Waals surface area contributed by atoms with E-state index in [9.17, 15) is 19.5 Å². The lowest BCUT2D eigenvalue weighted by Gasteiger charge is -2.25. The van der Waals surface area contributed by atoms with Crippen LogP contribution in [0.5, 0.6) is 0 Å². The molecular weight excluding hydrogens is 815 g/mol. The second-order valence-electron chi connectivity index (χ2n) is 20.3. The summed E-state index contributed by atoms with van der Waals surface area (Å²) in [5, 5.41) is 9.68. The third kappa shape index (κ3) is 49.8. The highest BCUT2D eigenvalue weighted by Gasteiger charge is 2.25. The molecule has 0 rings (SSSR count). The smallest absolute Gasteiger partial charge is 0.361 e. The Balaban J connectivity index is 4.24. The lowest BCUT2D eigenvalue weighted by Crippen LogP contribution is -2.40. The van der Waals surface area contributed by atoms with Crippen LogP contribution in [-0.4, -0.2) is 87.4 Å². The molecule has 0 saturated heterocycles. The first-order valence-corrected chi connectivity index (χ1v) is 27.9. The molecule has 2 unspecified atom stereocenters. The summed E-state index contributed by atoms with van der Waals surface area (Å²) in [6.45, 7) is 4.92. The van der Waals surface area contributed by atoms with Gasteiger partial charge in [-0.05, 0) is 38.5 Å². The molecule has 2 atom stereocenters. The summed E-state index contributed by atoms with van der Waals surface area (Å²) in [6, 6.07) is 0. The molecule has 65 heavy (non-hydrogen) atoms. The van der Waals surface area contributed by atoms with E-state index in [4.69, 9.17) is 18.9 Å². The van der Waals surface area contributed by atoms with Gasteiger partial charge < -0.3 is 28.5 Å². The summed E-state index contributed by atoms with van der Waals surface area (Å²) in [5.41, 5.74) is 0. The molecule has 0 amide bonds. The Morgan fingerprint density at radius 2 is 0.785 bits per heavy atom. The second-order valence-corrected chi connectivity index (χ2v) is 20.3. The van der Waals surface area contributed by atoms with E-state index in [1.54, 1.807) is 0 Å². The van der Waals surface area contributed by atoms with Crippen LogP contribution in [0.2, 0.25) is 0 Å². The Labute approximate surface area is 402 Å². The first-order valence-electron chi connectivity index (χ1n) is 27.9. The van der Waals surface area contributed by atoms with E-state index in [2.05, 4.69) is 26.0 Å². The average molecular weight is 923 g/mol. The summed E-state index contributed by atoms with van der Waals surface area (Å²) in [4.78, 5) is 37.3. The molecule has 384 valence electrons. The van der Waals surface area contributed by atoms with Crippen LogP contribution in [0.25, 0.3) is 0 Å².